The number of nitrogens with zero attached hydrogens (tertiary/aromatic N) is 2. The molecule has 1 N–H and O–H groups in total. The molecular weight excluding hydrogens is 415 g/mol. The second kappa shape index (κ2) is 11.8. The van der Waals surface area contributed by atoms with Crippen LogP contribution >= 0.6 is 0 Å². The van der Waals surface area contributed by atoms with E-state index in [-0.39, 0.29) is 29.7 Å². The van der Waals surface area contributed by atoms with Gasteiger partial charge in [-0.2, -0.15) is 13.2 Å². The molecule has 1 aliphatic heterocycles. The molecule has 1 heterocycles. The van der Waals surface area contributed by atoms with Gasteiger partial charge in [0.05, 0.1) is 13.7 Å². The van der Waals surface area contributed by atoms with Gasteiger partial charge in [-0.1, -0.05) is 6.07 Å². The van der Waals surface area contributed by atoms with Crippen molar-refractivity contribution >= 4 is 11.8 Å². The summed E-state index contributed by atoms with van der Waals surface area (Å²) in [5.74, 6) is 0.203. The summed E-state index contributed by atoms with van der Waals surface area (Å²) in [5, 5.41) is 2.78. The van der Waals surface area contributed by atoms with Gasteiger partial charge in [0.1, 0.15) is 0 Å². The zero-order valence-electron chi connectivity index (χ0n) is 18.0. The number of hydrogen-bond acceptors (Lipinski definition) is 5. The molecule has 0 spiro atoms. The summed E-state index contributed by atoms with van der Waals surface area (Å²) in [6, 6.07) is 4.66. The van der Waals surface area contributed by atoms with Crippen LogP contribution < -0.4 is 14.8 Å². The fraction of sp³-hybridized carbons (Fsp3) is 0.619. The van der Waals surface area contributed by atoms with E-state index in [1.807, 2.05) is 11.8 Å². The minimum atomic E-state index is -4.43. The largest absolute Gasteiger partial charge is 0.493 e. The van der Waals surface area contributed by atoms with Gasteiger partial charge in [0.2, 0.25) is 11.8 Å². The van der Waals surface area contributed by atoms with E-state index < -0.39 is 12.8 Å². The highest BCUT2D eigenvalue weighted by atomic mass is 19.4. The monoisotopic (exact) mass is 445 g/mol. The minimum absolute atomic E-state index is 0.00891. The van der Waals surface area contributed by atoms with Crippen molar-refractivity contribution in [1.82, 2.24) is 15.1 Å². The maximum Gasteiger partial charge on any atom is 0.422 e. The number of carbonyl (C=O) groups excluding carboxylic acids is 2. The third-order valence-corrected chi connectivity index (χ3v) is 4.93. The Labute approximate surface area is 180 Å². The van der Waals surface area contributed by atoms with E-state index in [1.165, 1.54) is 13.2 Å². The molecule has 1 aromatic rings. The van der Waals surface area contributed by atoms with Crippen molar-refractivity contribution in [2.24, 2.45) is 0 Å². The Kier molecular flexibility index (Phi) is 9.42. The number of nitrogens with one attached hydrogen (secondary N) is 1. The maximum atomic E-state index is 12.6. The molecule has 0 saturated carbocycles. The van der Waals surface area contributed by atoms with Gasteiger partial charge in [0.25, 0.3) is 0 Å². The van der Waals surface area contributed by atoms with Gasteiger partial charge in [0, 0.05) is 39.1 Å². The average molecular weight is 445 g/mol. The molecule has 1 aliphatic rings. The predicted octanol–water partition coefficient (Wildman–Crippen LogP) is 2.24. The van der Waals surface area contributed by atoms with Crippen molar-refractivity contribution in [2.75, 3.05) is 53.0 Å². The molecule has 0 atom stereocenters. The van der Waals surface area contributed by atoms with Crippen LogP contribution in [-0.4, -0.2) is 80.8 Å². The first-order valence-corrected chi connectivity index (χ1v) is 10.3. The molecule has 0 bridgehead atoms. The summed E-state index contributed by atoms with van der Waals surface area (Å²) in [5.41, 5.74) is 0.775. The van der Waals surface area contributed by atoms with Gasteiger partial charge in [-0.25, -0.2) is 0 Å². The van der Waals surface area contributed by atoms with Crippen LogP contribution in [0.5, 0.6) is 11.5 Å². The zero-order valence-corrected chi connectivity index (χ0v) is 18.0. The molecule has 10 heteroatoms. The number of hydrogen-bond donors (Lipinski definition) is 1. The molecule has 31 heavy (non-hydrogen) atoms. The standard InChI is InChI=1S/C21H30F3N3O4/c1-3-25-19(28)14-26-9-4-10-27(12-11-26)20(29)8-6-16-5-7-17(18(13-16)30-2)31-15-21(22,23)24/h5,7,13H,3-4,6,8-12,14-15H2,1-2H3,(H,25,28). The van der Waals surface area contributed by atoms with Gasteiger partial charge in [-0.3, -0.25) is 14.5 Å². The first kappa shape index (κ1) is 24.8. The van der Waals surface area contributed by atoms with Crippen LogP contribution in [0.3, 0.4) is 0 Å². The number of ether oxygens (including phenoxy) is 2. The Bertz CT molecular complexity index is 743. The molecule has 0 unspecified atom stereocenters. The van der Waals surface area contributed by atoms with Crippen LogP contribution in [0.25, 0.3) is 0 Å². The molecule has 0 aliphatic carbocycles. The first-order valence-electron chi connectivity index (χ1n) is 10.3. The quantitative estimate of drug-likeness (QED) is 0.631. The van der Waals surface area contributed by atoms with Crippen LogP contribution in [0.15, 0.2) is 18.2 Å². The lowest BCUT2D eigenvalue weighted by atomic mass is 10.1. The molecule has 0 aromatic heterocycles. The lowest BCUT2D eigenvalue weighted by Crippen LogP contribution is -2.40. The number of alkyl halides is 3. The van der Waals surface area contributed by atoms with Gasteiger partial charge in [-0.05, 0) is 37.5 Å². The van der Waals surface area contributed by atoms with Gasteiger partial charge in [-0.15, -0.1) is 0 Å². The van der Waals surface area contributed by atoms with Gasteiger partial charge < -0.3 is 19.7 Å². The van der Waals surface area contributed by atoms with Crippen molar-refractivity contribution < 1.29 is 32.2 Å². The third-order valence-electron chi connectivity index (χ3n) is 4.93. The van der Waals surface area contributed by atoms with Crippen LogP contribution in [0.4, 0.5) is 13.2 Å². The highest BCUT2D eigenvalue weighted by Crippen LogP contribution is 2.30. The van der Waals surface area contributed by atoms with Crippen molar-refractivity contribution in [1.29, 1.82) is 0 Å². The number of likely N-dealkylation sites (N-methyl/N-ethyl adjacent to an activating group) is 1. The number of benzene rings is 1. The summed E-state index contributed by atoms with van der Waals surface area (Å²) in [6.45, 7) is 4.01. The lowest BCUT2D eigenvalue weighted by molar-refractivity contribution is -0.153. The Morgan fingerprint density at radius 1 is 1.13 bits per heavy atom. The molecule has 1 fully saturated rings. The van der Waals surface area contributed by atoms with E-state index in [2.05, 4.69) is 5.32 Å². The van der Waals surface area contributed by atoms with Crippen LogP contribution in [-0.2, 0) is 16.0 Å². The van der Waals surface area contributed by atoms with Gasteiger partial charge >= 0.3 is 6.18 Å². The Balaban J connectivity index is 1.85. The van der Waals surface area contributed by atoms with Crippen LogP contribution in [0, 0.1) is 0 Å². The van der Waals surface area contributed by atoms with E-state index in [1.54, 1.807) is 17.0 Å². The van der Waals surface area contributed by atoms with E-state index >= 15 is 0 Å². The SMILES string of the molecule is CCNC(=O)CN1CCCN(C(=O)CCc2ccc(OCC(F)(F)F)c(OC)c2)CC1. The summed E-state index contributed by atoms with van der Waals surface area (Å²) >= 11 is 0. The van der Waals surface area contributed by atoms with Crippen molar-refractivity contribution in [3.8, 4) is 11.5 Å². The van der Waals surface area contributed by atoms with Crippen LogP contribution in [0.2, 0.25) is 0 Å². The molecule has 1 aromatic carbocycles. The van der Waals surface area contributed by atoms with Gasteiger partial charge in [0.15, 0.2) is 18.1 Å². The normalized spacial score (nSPS) is 15.3. The third kappa shape index (κ3) is 8.64. The van der Waals surface area contributed by atoms with Crippen molar-refractivity contribution in [2.45, 2.75) is 32.4 Å². The van der Waals surface area contributed by atoms with E-state index in [0.29, 0.717) is 39.1 Å². The number of methoxy groups -OCH3 is 1. The molecule has 1 saturated heterocycles. The first-order chi connectivity index (χ1) is 14.7. The molecular formula is C21H30F3N3O4. The molecule has 2 amide bonds. The Morgan fingerprint density at radius 2 is 1.90 bits per heavy atom. The number of halogens is 3. The number of amides is 2. The highest BCUT2D eigenvalue weighted by molar-refractivity contribution is 5.78. The maximum absolute atomic E-state index is 12.6. The Morgan fingerprint density at radius 3 is 2.58 bits per heavy atom. The minimum Gasteiger partial charge on any atom is -0.493 e. The molecule has 174 valence electrons. The summed E-state index contributed by atoms with van der Waals surface area (Å²) in [6.07, 6.45) is -2.92. The summed E-state index contributed by atoms with van der Waals surface area (Å²) in [7, 11) is 1.36. The predicted molar refractivity (Wildman–Crippen MR) is 109 cm³/mol. The number of carbonyl (C=O) groups is 2. The van der Waals surface area contributed by atoms with E-state index in [9.17, 15) is 22.8 Å². The zero-order chi connectivity index (χ0) is 22.9. The average Bonchev–Trinajstić information content (AvgIpc) is 2.95. The van der Waals surface area contributed by atoms with Crippen molar-refractivity contribution in [3.05, 3.63) is 23.8 Å². The second-order valence-corrected chi connectivity index (χ2v) is 7.35. The summed E-state index contributed by atoms with van der Waals surface area (Å²) in [4.78, 5) is 28.2. The smallest absolute Gasteiger partial charge is 0.422 e. The topological polar surface area (TPSA) is 71.1 Å². The molecule has 0 radical (unpaired) electrons. The second-order valence-electron chi connectivity index (χ2n) is 7.35. The fourth-order valence-corrected chi connectivity index (χ4v) is 3.39. The highest BCUT2D eigenvalue weighted by Gasteiger charge is 2.29. The molecule has 2 rings (SSSR count). The van der Waals surface area contributed by atoms with E-state index in [0.717, 1.165) is 18.5 Å². The number of aryl methyl sites for hydroxylation is 1. The van der Waals surface area contributed by atoms with Crippen molar-refractivity contribution in [3.63, 3.8) is 0 Å². The summed E-state index contributed by atoms with van der Waals surface area (Å²) < 4.78 is 47.0. The number of rotatable bonds is 9. The lowest BCUT2D eigenvalue weighted by Gasteiger charge is -2.22. The van der Waals surface area contributed by atoms with E-state index in [4.69, 9.17) is 9.47 Å². The Hall–Kier alpha value is -2.49. The molecule has 7 nitrogen and oxygen atoms in total. The van der Waals surface area contributed by atoms with Crippen LogP contribution in [0.1, 0.15) is 25.3 Å². The fourth-order valence-electron chi connectivity index (χ4n) is 3.39.